The maximum atomic E-state index is 5.40. The molecule has 0 atom stereocenters. The molecule has 4 heteroatoms. The smallest absolute Gasteiger partial charge is 0.377 e. The standard InChI is InChI=1S/C7H16O3Si.C6H6/c1-5-7-10-11(6-2,8-3)9-4;1-2-4-6-5-3-1/h5H,1,6-7H2,2-4H3;1-6H. The summed E-state index contributed by atoms with van der Waals surface area (Å²) in [5.41, 5.74) is 0. The van der Waals surface area contributed by atoms with Crippen LogP contribution in [0.3, 0.4) is 0 Å². The predicted molar refractivity (Wildman–Crippen MR) is 72.8 cm³/mol. The van der Waals surface area contributed by atoms with Gasteiger partial charge in [-0.2, -0.15) is 0 Å². The molecule has 0 N–H and O–H groups in total. The van der Waals surface area contributed by atoms with E-state index in [4.69, 9.17) is 13.3 Å². The minimum atomic E-state index is -2.31. The van der Waals surface area contributed by atoms with E-state index in [0.29, 0.717) is 6.61 Å². The van der Waals surface area contributed by atoms with Crippen LogP contribution >= 0.6 is 0 Å². The Kier molecular flexibility index (Phi) is 9.66. The third-order valence-corrected chi connectivity index (χ3v) is 4.86. The second kappa shape index (κ2) is 10.2. The molecule has 0 unspecified atom stereocenters. The van der Waals surface area contributed by atoms with E-state index in [0.717, 1.165) is 6.04 Å². The predicted octanol–water partition coefficient (Wildman–Crippen LogP) is 3.13. The van der Waals surface area contributed by atoms with Crippen molar-refractivity contribution in [2.75, 3.05) is 20.8 Å². The van der Waals surface area contributed by atoms with Gasteiger partial charge in [-0.15, -0.1) is 6.58 Å². The van der Waals surface area contributed by atoms with Gasteiger partial charge >= 0.3 is 8.80 Å². The molecule has 0 aromatic heterocycles. The van der Waals surface area contributed by atoms with Crippen LogP contribution in [0.1, 0.15) is 6.92 Å². The molecule has 0 amide bonds. The van der Waals surface area contributed by atoms with Gasteiger partial charge in [-0.05, 0) is 0 Å². The van der Waals surface area contributed by atoms with Gasteiger partial charge in [0.15, 0.2) is 0 Å². The van der Waals surface area contributed by atoms with Crippen molar-refractivity contribution in [3.05, 3.63) is 49.1 Å². The summed E-state index contributed by atoms with van der Waals surface area (Å²) in [6.45, 7) is 6.03. The molecule has 0 fully saturated rings. The third-order valence-electron chi connectivity index (χ3n) is 2.14. The molecule has 3 nitrogen and oxygen atoms in total. The van der Waals surface area contributed by atoms with E-state index >= 15 is 0 Å². The first kappa shape index (κ1) is 16.1. The van der Waals surface area contributed by atoms with Crippen LogP contribution < -0.4 is 0 Å². The van der Waals surface area contributed by atoms with E-state index in [1.54, 1.807) is 20.3 Å². The van der Waals surface area contributed by atoms with Crippen LogP contribution in [-0.4, -0.2) is 29.6 Å². The SMILES string of the molecule is C=CCO[Si](CC)(OC)OC.c1ccccc1. The molecule has 0 bridgehead atoms. The fourth-order valence-electron chi connectivity index (χ4n) is 1.16. The van der Waals surface area contributed by atoms with Gasteiger partial charge in [0.1, 0.15) is 0 Å². The summed E-state index contributed by atoms with van der Waals surface area (Å²) in [5.74, 6) is 0. The van der Waals surface area contributed by atoms with Crippen molar-refractivity contribution in [3.8, 4) is 0 Å². The molecule has 0 aliphatic carbocycles. The van der Waals surface area contributed by atoms with Crippen LogP contribution in [0.25, 0.3) is 0 Å². The molecular weight excluding hydrogens is 232 g/mol. The zero-order valence-corrected chi connectivity index (χ0v) is 11.9. The molecule has 1 aromatic rings. The highest BCUT2D eigenvalue weighted by Crippen LogP contribution is 2.12. The van der Waals surface area contributed by atoms with Gasteiger partial charge in [-0.3, -0.25) is 0 Å². The minimum Gasteiger partial charge on any atom is -0.377 e. The summed E-state index contributed by atoms with van der Waals surface area (Å²) in [7, 11) is 0.917. The molecule has 0 saturated heterocycles. The average molecular weight is 254 g/mol. The van der Waals surface area contributed by atoms with E-state index in [1.807, 2.05) is 43.3 Å². The van der Waals surface area contributed by atoms with Crippen molar-refractivity contribution in [2.45, 2.75) is 13.0 Å². The van der Waals surface area contributed by atoms with E-state index < -0.39 is 8.80 Å². The van der Waals surface area contributed by atoms with Crippen molar-refractivity contribution in [2.24, 2.45) is 0 Å². The summed E-state index contributed by atoms with van der Waals surface area (Å²) in [5, 5.41) is 0. The van der Waals surface area contributed by atoms with Crippen molar-refractivity contribution in [1.29, 1.82) is 0 Å². The van der Waals surface area contributed by atoms with Crippen molar-refractivity contribution in [1.82, 2.24) is 0 Å². The first-order valence-corrected chi connectivity index (χ1v) is 7.53. The topological polar surface area (TPSA) is 27.7 Å². The van der Waals surface area contributed by atoms with Crippen LogP contribution in [0.4, 0.5) is 0 Å². The van der Waals surface area contributed by atoms with E-state index in [-0.39, 0.29) is 0 Å². The second-order valence-corrected chi connectivity index (χ2v) is 6.38. The lowest BCUT2D eigenvalue weighted by Gasteiger charge is -2.23. The van der Waals surface area contributed by atoms with Crippen LogP contribution in [0.5, 0.6) is 0 Å². The lowest BCUT2D eigenvalue weighted by molar-refractivity contribution is 0.111. The Balaban J connectivity index is 0.000000354. The third kappa shape index (κ3) is 7.07. The molecule has 0 aliphatic rings. The summed E-state index contributed by atoms with van der Waals surface area (Å²) in [6, 6.07) is 12.8. The fourth-order valence-corrected chi connectivity index (χ4v) is 2.72. The summed E-state index contributed by atoms with van der Waals surface area (Å²) < 4.78 is 15.8. The van der Waals surface area contributed by atoms with Gasteiger partial charge in [-0.1, -0.05) is 49.4 Å². The lowest BCUT2D eigenvalue weighted by atomic mass is 10.4. The molecule has 96 valence electrons. The van der Waals surface area contributed by atoms with Crippen LogP contribution in [0.2, 0.25) is 6.04 Å². The zero-order valence-electron chi connectivity index (χ0n) is 10.9. The Morgan fingerprint density at radius 2 is 1.41 bits per heavy atom. The van der Waals surface area contributed by atoms with Gasteiger partial charge in [0, 0.05) is 20.3 Å². The highest BCUT2D eigenvalue weighted by molar-refractivity contribution is 6.60. The normalized spacial score (nSPS) is 10.3. The molecule has 0 aliphatic heterocycles. The van der Waals surface area contributed by atoms with E-state index in [1.165, 1.54) is 0 Å². The Morgan fingerprint density at radius 3 is 1.65 bits per heavy atom. The number of benzene rings is 1. The van der Waals surface area contributed by atoms with Crippen LogP contribution in [0, 0.1) is 0 Å². The fraction of sp³-hybridized carbons (Fsp3) is 0.385. The molecule has 17 heavy (non-hydrogen) atoms. The van der Waals surface area contributed by atoms with Gasteiger partial charge in [0.05, 0.1) is 6.61 Å². The summed E-state index contributed by atoms with van der Waals surface area (Å²) in [4.78, 5) is 0. The van der Waals surface area contributed by atoms with Crippen LogP contribution in [0.15, 0.2) is 49.1 Å². The quantitative estimate of drug-likeness (QED) is 0.576. The lowest BCUT2D eigenvalue weighted by Crippen LogP contribution is -2.43. The van der Waals surface area contributed by atoms with Crippen molar-refractivity contribution >= 4 is 8.80 Å². The highest BCUT2D eigenvalue weighted by Gasteiger charge is 2.35. The number of hydrogen-bond donors (Lipinski definition) is 0. The molecule has 1 aromatic carbocycles. The first-order chi connectivity index (χ1) is 8.24. The second-order valence-electron chi connectivity index (χ2n) is 3.20. The Labute approximate surface area is 105 Å². The number of rotatable bonds is 6. The largest absolute Gasteiger partial charge is 0.500 e. The summed E-state index contributed by atoms with van der Waals surface area (Å²) >= 11 is 0. The van der Waals surface area contributed by atoms with Crippen molar-refractivity contribution in [3.63, 3.8) is 0 Å². The Bertz CT molecular complexity index is 238. The van der Waals surface area contributed by atoms with Gasteiger partial charge in [0.25, 0.3) is 0 Å². The average Bonchev–Trinajstić information content (AvgIpc) is 2.44. The van der Waals surface area contributed by atoms with E-state index in [9.17, 15) is 0 Å². The molecule has 0 saturated carbocycles. The van der Waals surface area contributed by atoms with Crippen molar-refractivity contribution < 1.29 is 13.3 Å². The first-order valence-electron chi connectivity index (χ1n) is 5.59. The minimum absolute atomic E-state index is 0.488. The molecular formula is C13H22O3Si. The van der Waals surface area contributed by atoms with Gasteiger partial charge in [0.2, 0.25) is 0 Å². The monoisotopic (exact) mass is 254 g/mol. The maximum absolute atomic E-state index is 5.40. The zero-order chi connectivity index (χ0) is 13.0. The Morgan fingerprint density at radius 1 is 1.00 bits per heavy atom. The molecule has 0 heterocycles. The number of hydrogen-bond acceptors (Lipinski definition) is 3. The molecule has 0 spiro atoms. The molecule has 1 rings (SSSR count). The Hall–Kier alpha value is -0.943. The van der Waals surface area contributed by atoms with E-state index in [2.05, 4.69) is 6.58 Å². The summed E-state index contributed by atoms with van der Waals surface area (Å²) in [6.07, 6.45) is 1.69. The van der Waals surface area contributed by atoms with Gasteiger partial charge in [-0.25, -0.2) is 0 Å². The van der Waals surface area contributed by atoms with Crippen LogP contribution in [-0.2, 0) is 13.3 Å². The molecule has 0 radical (unpaired) electrons. The van der Waals surface area contributed by atoms with Gasteiger partial charge < -0.3 is 13.3 Å². The highest BCUT2D eigenvalue weighted by atomic mass is 28.4. The maximum Gasteiger partial charge on any atom is 0.500 e.